The molecule has 162 valence electrons. The van der Waals surface area contributed by atoms with E-state index in [2.05, 4.69) is 24.2 Å². The van der Waals surface area contributed by atoms with Gasteiger partial charge in [0.05, 0.1) is 18.5 Å². The van der Waals surface area contributed by atoms with Crippen molar-refractivity contribution in [2.45, 2.75) is 32.4 Å². The molecule has 0 aliphatic rings. The van der Waals surface area contributed by atoms with Gasteiger partial charge in [-0.15, -0.1) is 0 Å². The van der Waals surface area contributed by atoms with Gasteiger partial charge in [-0.2, -0.15) is 0 Å². The van der Waals surface area contributed by atoms with E-state index in [9.17, 15) is 4.79 Å². The van der Waals surface area contributed by atoms with Crippen LogP contribution < -0.4 is 4.74 Å². The van der Waals surface area contributed by atoms with Crippen molar-refractivity contribution in [3.8, 4) is 28.4 Å². The van der Waals surface area contributed by atoms with Crippen molar-refractivity contribution in [2.24, 2.45) is 0 Å². The second kappa shape index (κ2) is 10.4. The lowest BCUT2D eigenvalue weighted by Gasteiger charge is -2.17. The van der Waals surface area contributed by atoms with Crippen LogP contribution in [0, 0.1) is 0 Å². The lowest BCUT2D eigenvalue weighted by atomic mass is 10.1. The Kier molecular flexibility index (Phi) is 7.60. The smallest absolute Gasteiger partial charge is 0.143 e. The van der Waals surface area contributed by atoms with Gasteiger partial charge in [-0.05, 0) is 42.5 Å². The third-order valence-electron chi connectivity index (χ3n) is 4.94. The fraction of sp³-hybridized carbons (Fsp3) is 0.280. The number of ether oxygens (including phenoxy) is 2. The Bertz CT molecular complexity index is 1020. The maximum absolute atomic E-state index is 11.0. The molecule has 2 aromatic carbocycles. The van der Waals surface area contributed by atoms with Crippen molar-refractivity contribution in [1.29, 1.82) is 0 Å². The topological polar surface area (TPSA) is 53.3 Å². The zero-order chi connectivity index (χ0) is 22.3. The first-order chi connectivity index (χ1) is 14.9. The summed E-state index contributed by atoms with van der Waals surface area (Å²) in [5.41, 5.74) is 3.61. The summed E-state index contributed by atoms with van der Waals surface area (Å²) in [6.45, 7) is 8.12. The minimum atomic E-state index is -1.19. The Morgan fingerprint density at radius 2 is 1.71 bits per heavy atom. The molecular weight excluding hydrogens is 404 g/mol. The van der Waals surface area contributed by atoms with E-state index in [-0.39, 0.29) is 0 Å². The van der Waals surface area contributed by atoms with Crippen LogP contribution in [0.15, 0.2) is 60.7 Å². The zero-order valence-electron chi connectivity index (χ0n) is 18.7. The van der Waals surface area contributed by atoms with Crippen molar-refractivity contribution in [1.82, 2.24) is 9.55 Å². The van der Waals surface area contributed by atoms with Crippen LogP contribution in [0.3, 0.4) is 0 Å². The molecule has 5 nitrogen and oxygen atoms in total. The first-order valence-electron chi connectivity index (χ1n) is 10.4. The maximum Gasteiger partial charge on any atom is 0.143 e. The van der Waals surface area contributed by atoms with Crippen molar-refractivity contribution >= 4 is 20.4 Å². The van der Waals surface area contributed by atoms with Gasteiger partial charge in [0.2, 0.25) is 0 Å². The van der Waals surface area contributed by atoms with Crippen LogP contribution in [0.1, 0.15) is 5.69 Å². The van der Waals surface area contributed by atoms with Gasteiger partial charge in [0.1, 0.15) is 24.6 Å². The molecule has 0 unspecified atom stereocenters. The standard InChI is InChI=1S/C25H30N2O3Si/c1-29-22-14-12-20(13-15-22)24-23(11-8-16-28)26-25(21-9-6-5-7-10-21)27(24)19-30-17-18-31(2,3)4/h5-16H,17-19H2,1-4H3/b11-8+. The molecular formula is C25H30N2O3Si. The number of allylic oxidation sites excluding steroid dienone is 1. The largest absolute Gasteiger partial charge is 0.497 e. The zero-order valence-corrected chi connectivity index (χ0v) is 19.7. The van der Waals surface area contributed by atoms with Gasteiger partial charge in [0.15, 0.2) is 0 Å². The predicted molar refractivity (Wildman–Crippen MR) is 129 cm³/mol. The van der Waals surface area contributed by atoms with Crippen molar-refractivity contribution in [3.63, 3.8) is 0 Å². The third-order valence-corrected chi connectivity index (χ3v) is 6.64. The summed E-state index contributed by atoms with van der Waals surface area (Å²) < 4.78 is 13.5. The number of carbonyl (C=O) groups is 1. The van der Waals surface area contributed by atoms with E-state index in [1.54, 1.807) is 13.2 Å². The molecule has 31 heavy (non-hydrogen) atoms. The van der Waals surface area contributed by atoms with Gasteiger partial charge in [0, 0.05) is 25.8 Å². The number of benzene rings is 2. The number of nitrogens with zero attached hydrogens (tertiary/aromatic N) is 2. The summed E-state index contributed by atoms with van der Waals surface area (Å²) in [6.07, 6.45) is 3.99. The normalized spacial score (nSPS) is 11.7. The molecule has 1 heterocycles. The molecule has 6 heteroatoms. The molecule has 3 rings (SSSR count). The van der Waals surface area contributed by atoms with Crippen molar-refractivity contribution in [2.75, 3.05) is 13.7 Å². The Morgan fingerprint density at radius 1 is 1.00 bits per heavy atom. The number of hydrogen-bond donors (Lipinski definition) is 0. The summed E-state index contributed by atoms with van der Waals surface area (Å²) in [4.78, 5) is 15.9. The first kappa shape index (κ1) is 22.7. The van der Waals surface area contributed by atoms with E-state index in [4.69, 9.17) is 14.5 Å². The molecule has 0 fully saturated rings. The van der Waals surface area contributed by atoms with Crippen LogP contribution in [0.4, 0.5) is 0 Å². The molecule has 0 bridgehead atoms. The van der Waals surface area contributed by atoms with Gasteiger partial charge in [-0.25, -0.2) is 4.98 Å². The molecule has 0 aliphatic carbocycles. The maximum atomic E-state index is 11.0. The lowest BCUT2D eigenvalue weighted by molar-refractivity contribution is -0.104. The average molecular weight is 435 g/mol. The number of carbonyl (C=O) groups excluding carboxylic acids is 1. The van der Waals surface area contributed by atoms with Crippen LogP contribution in [-0.2, 0) is 16.3 Å². The summed E-state index contributed by atoms with van der Waals surface area (Å²) in [6, 6.07) is 19.0. The van der Waals surface area contributed by atoms with Gasteiger partial charge >= 0.3 is 0 Å². The molecule has 0 saturated carbocycles. The minimum Gasteiger partial charge on any atom is -0.497 e. The monoisotopic (exact) mass is 434 g/mol. The molecule has 0 aliphatic heterocycles. The van der Waals surface area contributed by atoms with E-state index < -0.39 is 8.07 Å². The summed E-state index contributed by atoms with van der Waals surface area (Å²) >= 11 is 0. The quantitative estimate of drug-likeness (QED) is 0.176. The van der Waals surface area contributed by atoms with Gasteiger partial charge in [0.25, 0.3) is 0 Å². The van der Waals surface area contributed by atoms with Crippen molar-refractivity contribution < 1.29 is 14.3 Å². The molecule has 0 amide bonds. The molecule has 0 saturated heterocycles. The first-order valence-corrected chi connectivity index (χ1v) is 14.1. The van der Waals surface area contributed by atoms with E-state index in [1.807, 2.05) is 54.6 Å². The van der Waals surface area contributed by atoms with Crippen LogP contribution in [0.25, 0.3) is 28.7 Å². The second-order valence-electron chi connectivity index (χ2n) is 8.54. The Balaban J connectivity index is 2.08. The van der Waals surface area contributed by atoms with E-state index in [1.165, 1.54) is 6.08 Å². The molecule has 1 aromatic heterocycles. The van der Waals surface area contributed by atoms with Gasteiger partial charge < -0.3 is 9.47 Å². The SMILES string of the molecule is COc1ccc(-c2c(/C=C/C=O)nc(-c3ccccc3)n2COCC[Si](C)(C)C)cc1. The average Bonchev–Trinajstić information content (AvgIpc) is 3.13. The summed E-state index contributed by atoms with van der Waals surface area (Å²) in [7, 11) is 0.463. The van der Waals surface area contributed by atoms with Gasteiger partial charge in [-0.1, -0.05) is 50.0 Å². The Morgan fingerprint density at radius 3 is 2.32 bits per heavy atom. The van der Waals surface area contributed by atoms with Crippen LogP contribution in [0.5, 0.6) is 5.75 Å². The summed E-state index contributed by atoms with van der Waals surface area (Å²) in [5, 5.41) is 0. The molecule has 3 aromatic rings. The molecule has 0 spiro atoms. The van der Waals surface area contributed by atoms with Crippen LogP contribution >= 0.6 is 0 Å². The lowest BCUT2D eigenvalue weighted by Crippen LogP contribution is -2.22. The van der Waals surface area contributed by atoms with Crippen LogP contribution in [-0.4, -0.2) is 37.6 Å². The minimum absolute atomic E-state index is 0.387. The highest BCUT2D eigenvalue weighted by molar-refractivity contribution is 6.76. The highest BCUT2D eigenvalue weighted by atomic mass is 28.3. The third kappa shape index (κ3) is 6.03. The fourth-order valence-corrected chi connectivity index (χ4v) is 4.00. The Labute approximate surface area is 185 Å². The Hall–Kier alpha value is -2.96. The van der Waals surface area contributed by atoms with Crippen molar-refractivity contribution in [3.05, 3.63) is 66.4 Å². The highest BCUT2D eigenvalue weighted by Gasteiger charge is 2.19. The number of rotatable bonds is 10. The predicted octanol–water partition coefficient (Wildman–Crippen LogP) is 5.75. The second-order valence-corrected chi connectivity index (χ2v) is 14.2. The van der Waals surface area contributed by atoms with E-state index in [0.29, 0.717) is 13.3 Å². The number of aldehydes is 1. The number of imidazole rings is 1. The van der Waals surface area contributed by atoms with Crippen LogP contribution in [0.2, 0.25) is 25.7 Å². The molecule has 0 N–H and O–H groups in total. The fourth-order valence-electron chi connectivity index (χ4n) is 3.24. The van der Waals surface area contributed by atoms with E-state index in [0.717, 1.165) is 46.4 Å². The highest BCUT2D eigenvalue weighted by Crippen LogP contribution is 2.32. The molecule has 0 radical (unpaired) electrons. The van der Waals surface area contributed by atoms with Gasteiger partial charge in [-0.3, -0.25) is 9.36 Å². The molecule has 0 atom stereocenters. The number of hydrogen-bond acceptors (Lipinski definition) is 4. The number of methoxy groups -OCH3 is 1. The summed E-state index contributed by atoms with van der Waals surface area (Å²) in [5.74, 6) is 1.60. The number of aromatic nitrogens is 2. The van der Waals surface area contributed by atoms with E-state index >= 15 is 0 Å².